The molecule has 0 fully saturated rings. The van der Waals surface area contributed by atoms with Crippen LogP contribution in [0.2, 0.25) is 0 Å². The van der Waals surface area contributed by atoms with Crippen LogP contribution in [-0.2, 0) is 0 Å². The van der Waals surface area contributed by atoms with Gasteiger partial charge in [0.1, 0.15) is 7.85 Å². The predicted molar refractivity (Wildman–Crippen MR) is 74.8 cm³/mol. The molecule has 1 aromatic heterocycles. The quantitative estimate of drug-likeness (QED) is 0.797. The molecule has 1 aromatic carbocycles. The van der Waals surface area contributed by atoms with Crippen molar-refractivity contribution in [3.63, 3.8) is 0 Å². The van der Waals surface area contributed by atoms with Crippen LogP contribution in [0.1, 0.15) is 0 Å². The first kappa shape index (κ1) is 11.9. The Morgan fingerprint density at radius 1 is 1.53 bits per heavy atom. The van der Waals surface area contributed by atoms with Crippen LogP contribution in [0.4, 0.5) is 5.13 Å². The molecule has 0 atom stereocenters. The smallest absolute Gasteiger partial charge is 0.187 e. The van der Waals surface area contributed by atoms with E-state index in [9.17, 15) is 0 Å². The molecule has 0 unspecified atom stereocenters. The van der Waals surface area contributed by atoms with Crippen molar-refractivity contribution in [3.05, 3.63) is 41.9 Å². The second kappa shape index (κ2) is 5.16. The van der Waals surface area contributed by atoms with E-state index < -0.39 is 0 Å². The monoisotopic (exact) mass is 241 g/mol. The van der Waals surface area contributed by atoms with Gasteiger partial charge in [0.2, 0.25) is 0 Å². The molecule has 1 heterocycles. The van der Waals surface area contributed by atoms with Gasteiger partial charge in [0.25, 0.3) is 0 Å². The summed E-state index contributed by atoms with van der Waals surface area (Å²) in [5.41, 5.74) is 8.84. The van der Waals surface area contributed by atoms with E-state index in [0.717, 1.165) is 27.5 Å². The molecule has 0 amide bonds. The first-order valence-electron chi connectivity index (χ1n) is 5.15. The van der Waals surface area contributed by atoms with Gasteiger partial charge in [0.05, 0.1) is 5.69 Å². The van der Waals surface area contributed by atoms with E-state index in [2.05, 4.69) is 16.9 Å². The van der Waals surface area contributed by atoms with Crippen LogP contribution in [-0.4, -0.2) is 19.4 Å². The first-order valence-corrected chi connectivity index (χ1v) is 6.03. The van der Waals surface area contributed by atoms with Crippen LogP contribution in [0, 0.1) is 0 Å². The highest BCUT2D eigenvalue weighted by atomic mass is 32.1. The summed E-state index contributed by atoms with van der Waals surface area (Å²) < 4.78 is 0. The molecule has 2 rings (SSSR count). The van der Waals surface area contributed by atoms with E-state index in [1.165, 1.54) is 11.3 Å². The van der Waals surface area contributed by atoms with Crippen molar-refractivity contribution in [2.45, 2.75) is 0 Å². The zero-order chi connectivity index (χ0) is 12.3. The molecule has 0 aliphatic heterocycles. The molecule has 3 N–H and O–H groups in total. The normalized spacial score (nSPS) is 10.2. The van der Waals surface area contributed by atoms with Crippen molar-refractivity contribution in [1.82, 2.24) is 4.98 Å². The Labute approximate surface area is 106 Å². The van der Waals surface area contributed by atoms with Gasteiger partial charge in [-0.05, 0) is 0 Å². The van der Waals surface area contributed by atoms with Crippen molar-refractivity contribution in [2.24, 2.45) is 5.73 Å². The van der Waals surface area contributed by atoms with Gasteiger partial charge >= 0.3 is 0 Å². The molecule has 2 radical (unpaired) electrons. The number of rotatable bonds is 4. The van der Waals surface area contributed by atoms with Crippen molar-refractivity contribution in [3.8, 4) is 11.3 Å². The van der Waals surface area contributed by atoms with Gasteiger partial charge in [-0.3, -0.25) is 0 Å². The summed E-state index contributed by atoms with van der Waals surface area (Å²) in [5, 5.41) is 5.82. The Hall–Kier alpha value is -1.59. The molecular formula is C12H12BN3S. The molecule has 3 nitrogen and oxygen atoms in total. The third-order valence-electron chi connectivity index (χ3n) is 2.22. The van der Waals surface area contributed by atoms with E-state index in [4.69, 9.17) is 13.6 Å². The van der Waals surface area contributed by atoms with Gasteiger partial charge in [0, 0.05) is 23.2 Å². The zero-order valence-electron chi connectivity index (χ0n) is 9.31. The van der Waals surface area contributed by atoms with Crippen molar-refractivity contribution in [2.75, 3.05) is 11.9 Å². The van der Waals surface area contributed by atoms with Gasteiger partial charge in [-0.2, -0.15) is 0 Å². The number of hydrogen-bond acceptors (Lipinski definition) is 4. The minimum atomic E-state index is 0.396. The van der Waals surface area contributed by atoms with Crippen LogP contribution >= 0.6 is 11.3 Å². The lowest BCUT2D eigenvalue weighted by Gasteiger charge is -2.02. The Balaban J connectivity index is 2.21. The molecular weight excluding hydrogens is 229 g/mol. The zero-order valence-corrected chi connectivity index (χ0v) is 10.1. The minimum Gasteiger partial charge on any atom is -0.334 e. The van der Waals surface area contributed by atoms with Crippen LogP contribution < -0.4 is 16.5 Å². The average molecular weight is 241 g/mol. The number of nitrogens with two attached hydrogens (primary N) is 1. The van der Waals surface area contributed by atoms with E-state index in [-0.39, 0.29) is 0 Å². The highest BCUT2D eigenvalue weighted by Crippen LogP contribution is 2.24. The molecule has 0 saturated heterocycles. The number of nitrogens with one attached hydrogen (secondary N) is 1. The average Bonchev–Trinajstić information content (AvgIpc) is 2.77. The third-order valence-corrected chi connectivity index (χ3v) is 2.97. The molecule has 0 aliphatic carbocycles. The largest absolute Gasteiger partial charge is 0.334 e. The highest BCUT2D eigenvalue weighted by molar-refractivity contribution is 7.14. The third kappa shape index (κ3) is 2.96. The second-order valence-electron chi connectivity index (χ2n) is 3.60. The van der Waals surface area contributed by atoms with Crippen LogP contribution in [0.5, 0.6) is 0 Å². The number of thiazole rings is 1. The molecule has 0 aliphatic rings. The fourth-order valence-electron chi connectivity index (χ4n) is 1.36. The lowest BCUT2D eigenvalue weighted by Crippen LogP contribution is -2.09. The Morgan fingerprint density at radius 3 is 3.06 bits per heavy atom. The van der Waals surface area contributed by atoms with Crippen molar-refractivity contribution in [1.29, 1.82) is 0 Å². The summed E-state index contributed by atoms with van der Waals surface area (Å²) in [6, 6.07) is 7.64. The summed E-state index contributed by atoms with van der Waals surface area (Å²) in [6.07, 6.45) is 0. The molecule has 17 heavy (non-hydrogen) atoms. The number of aromatic nitrogens is 1. The molecule has 0 bridgehead atoms. The second-order valence-corrected chi connectivity index (χ2v) is 4.45. The van der Waals surface area contributed by atoms with Gasteiger partial charge in [-0.15, -0.1) is 11.3 Å². The lowest BCUT2D eigenvalue weighted by molar-refractivity contribution is 1.15. The van der Waals surface area contributed by atoms with E-state index in [1.54, 1.807) is 0 Å². The fourth-order valence-corrected chi connectivity index (χ4v) is 2.13. The van der Waals surface area contributed by atoms with Crippen molar-refractivity contribution < 1.29 is 0 Å². The number of anilines is 1. The topological polar surface area (TPSA) is 50.9 Å². The maximum atomic E-state index is 5.73. The molecule has 84 valence electrons. The van der Waals surface area contributed by atoms with Crippen LogP contribution in [0.15, 0.2) is 41.9 Å². The van der Waals surface area contributed by atoms with Gasteiger partial charge < -0.3 is 11.1 Å². The summed E-state index contributed by atoms with van der Waals surface area (Å²) in [7, 11) is 5.73. The number of benzene rings is 1. The first-order chi connectivity index (χ1) is 8.19. The number of nitrogens with zero attached hydrogens (tertiary/aromatic N) is 1. The van der Waals surface area contributed by atoms with E-state index in [0.29, 0.717) is 6.54 Å². The summed E-state index contributed by atoms with van der Waals surface area (Å²) >= 11 is 1.51. The lowest BCUT2D eigenvalue weighted by atomic mass is 9.94. The van der Waals surface area contributed by atoms with Crippen molar-refractivity contribution >= 4 is 29.8 Å². The summed E-state index contributed by atoms with van der Waals surface area (Å²) in [6.45, 7) is 4.17. The minimum absolute atomic E-state index is 0.396. The Kier molecular flexibility index (Phi) is 3.61. The maximum Gasteiger partial charge on any atom is 0.187 e. The summed E-state index contributed by atoms with van der Waals surface area (Å²) in [4.78, 5) is 4.44. The van der Waals surface area contributed by atoms with Crippen LogP contribution in [0.25, 0.3) is 11.3 Å². The standard InChI is InChI=1S/C12H12BN3S/c1-8(6-14)15-12-16-11(7-17-12)9-3-2-4-10(13)5-9/h2-5,7H,1,6,14H2,(H,15,16). The van der Waals surface area contributed by atoms with E-state index >= 15 is 0 Å². The molecule has 0 spiro atoms. The predicted octanol–water partition coefficient (Wildman–Crippen LogP) is 1.49. The molecule has 2 aromatic rings. The molecule has 5 heteroatoms. The van der Waals surface area contributed by atoms with Crippen LogP contribution in [0.3, 0.4) is 0 Å². The molecule has 0 saturated carbocycles. The Morgan fingerprint density at radius 2 is 2.35 bits per heavy atom. The van der Waals surface area contributed by atoms with Gasteiger partial charge in [0.15, 0.2) is 5.13 Å². The Bertz CT molecular complexity index is 536. The fraction of sp³-hybridized carbons (Fsp3) is 0.0833. The summed E-state index contributed by atoms with van der Waals surface area (Å²) in [5.74, 6) is 0. The van der Waals surface area contributed by atoms with Gasteiger partial charge in [-0.25, -0.2) is 4.98 Å². The SMILES string of the molecule is [B]c1cccc(-c2csc(NC(=C)CN)n2)c1. The highest BCUT2D eigenvalue weighted by Gasteiger charge is 2.04. The van der Waals surface area contributed by atoms with E-state index in [1.807, 2.05) is 29.6 Å². The number of hydrogen-bond donors (Lipinski definition) is 2. The van der Waals surface area contributed by atoms with Gasteiger partial charge in [-0.1, -0.05) is 36.3 Å². The maximum absolute atomic E-state index is 5.73.